The van der Waals surface area contributed by atoms with E-state index in [1.807, 2.05) is 42.5 Å². The average Bonchev–Trinajstić information content (AvgIpc) is 3.02. The number of nitrogens with one attached hydrogen (secondary N) is 1. The van der Waals surface area contributed by atoms with Crippen molar-refractivity contribution in [1.29, 1.82) is 0 Å². The number of phenolic OH excluding ortho intramolecular Hbond substituents is 1. The van der Waals surface area contributed by atoms with Crippen molar-refractivity contribution >= 4 is 11.9 Å². The molecule has 27 heavy (non-hydrogen) atoms. The van der Waals surface area contributed by atoms with E-state index in [1.165, 1.54) is 24.2 Å². The second-order valence-electron chi connectivity index (χ2n) is 7.16. The highest BCUT2D eigenvalue weighted by Crippen LogP contribution is 2.38. The highest BCUT2D eigenvalue weighted by molar-refractivity contribution is 6.12. The van der Waals surface area contributed by atoms with Crippen LogP contribution in [0, 0.1) is 0 Å². The molecular weight excluding hydrogens is 338 g/mol. The predicted molar refractivity (Wildman–Crippen MR) is 105 cm³/mol. The van der Waals surface area contributed by atoms with Crippen molar-refractivity contribution in [2.75, 3.05) is 13.1 Å². The second-order valence-corrected chi connectivity index (χ2v) is 7.16. The van der Waals surface area contributed by atoms with E-state index < -0.39 is 0 Å². The summed E-state index contributed by atoms with van der Waals surface area (Å²) >= 11 is 0. The van der Waals surface area contributed by atoms with Crippen LogP contribution < -0.4 is 9.64 Å². The number of Topliss-reactive ketones (excluding diaryl/α,β-unsaturated/α-hetero) is 1. The molecule has 0 aliphatic carbocycles. The fraction of sp³-hybridized carbons (Fsp3) is 0.261. The van der Waals surface area contributed by atoms with E-state index in [-0.39, 0.29) is 11.5 Å². The van der Waals surface area contributed by atoms with Crippen LogP contribution in [0.4, 0.5) is 0 Å². The van der Waals surface area contributed by atoms with E-state index in [1.54, 1.807) is 18.2 Å². The number of fused-ring (bicyclic) bond motifs is 1. The Kier molecular flexibility index (Phi) is 5.07. The van der Waals surface area contributed by atoms with Gasteiger partial charge in [0.15, 0.2) is 11.5 Å². The lowest BCUT2D eigenvalue weighted by Crippen LogP contribution is -3.11. The van der Waals surface area contributed by atoms with Gasteiger partial charge in [0.1, 0.15) is 12.3 Å². The first-order valence-corrected chi connectivity index (χ1v) is 9.57. The minimum atomic E-state index is -0.127. The van der Waals surface area contributed by atoms with Gasteiger partial charge in [-0.3, -0.25) is 4.79 Å². The van der Waals surface area contributed by atoms with Gasteiger partial charge < -0.3 is 14.7 Å². The highest BCUT2D eigenvalue weighted by Gasteiger charge is 2.32. The number of piperidine rings is 1. The number of carbonyl (C=O) groups excluding carboxylic acids is 1. The van der Waals surface area contributed by atoms with E-state index in [2.05, 4.69) is 0 Å². The van der Waals surface area contributed by atoms with Crippen LogP contribution in [0.5, 0.6) is 11.5 Å². The summed E-state index contributed by atoms with van der Waals surface area (Å²) in [6.07, 6.45) is 9.15. The molecule has 0 saturated carbocycles. The Hall–Kier alpha value is -2.85. The van der Waals surface area contributed by atoms with Gasteiger partial charge in [0.05, 0.1) is 24.2 Å². The molecular formula is C23H24NO3+. The van der Waals surface area contributed by atoms with Gasteiger partial charge in [0.2, 0.25) is 5.78 Å². The van der Waals surface area contributed by atoms with Crippen molar-refractivity contribution in [3.63, 3.8) is 0 Å². The van der Waals surface area contributed by atoms with Crippen molar-refractivity contribution in [3.8, 4) is 11.5 Å². The van der Waals surface area contributed by atoms with Crippen LogP contribution >= 0.6 is 0 Å². The van der Waals surface area contributed by atoms with E-state index in [0.29, 0.717) is 23.6 Å². The predicted octanol–water partition coefficient (Wildman–Crippen LogP) is 3.13. The van der Waals surface area contributed by atoms with Gasteiger partial charge in [-0.1, -0.05) is 42.5 Å². The zero-order valence-electron chi connectivity index (χ0n) is 15.3. The number of rotatable bonds is 4. The summed E-state index contributed by atoms with van der Waals surface area (Å²) in [6, 6.07) is 13.2. The Labute approximate surface area is 159 Å². The van der Waals surface area contributed by atoms with E-state index >= 15 is 0 Å². The maximum absolute atomic E-state index is 12.7. The average molecular weight is 362 g/mol. The Bertz CT molecular complexity index is 893. The van der Waals surface area contributed by atoms with Crippen LogP contribution in [-0.4, -0.2) is 24.0 Å². The Morgan fingerprint density at radius 1 is 1.04 bits per heavy atom. The first-order valence-electron chi connectivity index (χ1n) is 9.57. The smallest absolute Gasteiger partial charge is 0.231 e. The second kappa shape index (κ2) is 7.80. The number of hydrogen-bond acceptors (Lipinski definition) is 3. The third kappa shape index (κ3) is 3.81. The molecule has 0 radical (unpaired) electrons. The lowest BCUT2D eigenvalue weighted by molar-refractivity contribution is -0.918. The largest absolute Gasteiger partial charge is 0.507 e. The summed E-state index contributed by atoms with van der Waals surface area (Å²) in [6.45, 7) is 2.88. The van der Waals surface area contributed by atoms with Crippen molar-refractivity contribution in [2.45, 2.75) is 25.8 Å². The number of quaternary nitrogens is 1. The fourth-order valence-corrected chi connectivity index (χ4v) is 3.77. The standard InChI is InChI=1S/C23H23NO3/c25-20-13-12-18-22(26)21(11-7-10-17-8-3-1-4-9-17)27-23(18)19(20)16-24-14-5-2-6-15-24/h1,3-4,7-13,25H,2,5-6,14-16H2/p+1/b10-7+,21-11+. The third-order valence-corrected chi connectivity index (χ3v) is 5.24. The molecule has 4 rings (SSSR count). The van der Waals surface area contributed by atoms with Crippen LogP contribution in [0.25, 0.3) is 6.08 Å². The first-order chi connectivity index (χ1) is 13.2. The minimum absolute atomic E-state index is 0.127. The quantitative estimate of drug-likeness (QED) is 0.822. The summed E-state index contributed by atoms with van der Waals surface area (Å²) in [4.78, 5) is 14.1. The summed E-state index contributed by atoms with van der Waals surface area (Å²) in [5.74, 6) is 0.911. The fourth-order valence-electron chi connectivity index (χ4n) is 3.77. The SMILES string of the molecule is O=C1/C(=C\C=C\c2ccccc2)Oc2c1ccc(O)c2C[NH+]1CCCCC1. The van der Waals surface area contributed by atoms with Crippen molar-refractivity contribution in [2.24, 2.45) is 0 Å². The van der Waals surface area contributed by atoms with Gasteiger partial charge >= 0.3 is 0 Å². The first kappa shape index (κ1) is 17.6. The molecule has 2 aliphatic heterocycles. The van der Waals surface area contributed by atoms with E-state index in [4.69, 9.17) is 4.74 Å². The molecule has 0 bridgehead atoms. The summed E-state index contributed by atoms with van der Waals surface area (Å²) < 4.78 is 5.90. The number of ketones is 1. The van der Waals surface area contributed by atoms with Crippen LogP contribution in [0.3, 0.4) is 0 Å². The van der Waals surface area contributed by atoms with Crippen LogP contribution in [0.2, 0.25) is 0 Å². The molecule has 0 amide bonds. The van der Waals surface area contributed by atoms with Gasteiger partial charge in [-0.15, -0.1) is 0 Å². The number of aromatic hydroxyl groups is 1. The van der Waals surface area contributed by atoms with Crippen molar-refractivity contribution < 1.29 is 19.5 Å². The molecule has 0 unspecified atom stereocenters. The van der Waals surface area contributed by atoms with Crippen molar-refractivity contribution in [3.05, 3.63) is 77.1 Å². The van der Waals surface area contributed by atoms with Gasteiger partial charge in [0.25, 0.3) is 0 Å². The zero-order valence-corrected chi connectivity index (χ0v) is 15.3. The topological polar surface area (TPSA) is 51.0 Å². The maximum Gasteiger partial charge on any atom is 0.231 e. The number of carbonyl (C=O) groups is 1. The molecule has 1 saturated heterocycles. The van der Waals surface area contributed by atoms with Crippen LogP contribution in [0.1, 0.15) is 40.7 Å². The number of likely N-dealkylation sites (tertiary alicyclic amines) is 1. The molecule has 2 heterocycles. The van der Waals surface area contributed by atoms with Crippen LogP contribution in [0.15, 0.2) is 60.4 Å². The van der Waals surface area contributed by atoms with E-state index in [0.717, 1.165) is 24.2 Å². The molecule has 0 spiro atoms. The summed E-state index contributed by atoms with van der Waals surface area (Å²) in [5, 5.41) is 10.4. The number of benzene rings is 2. The van der Waals surface area contributed by atoms with Gasteiger partial charge in [-0.05, 0) is 43.0 Å². The molecule has 2 aromatic rings. The highest BCUT2D eigenvalue weighted by atomic mass is 16.5. The number of hydrogen-bond donors (Lipinski definition) is 2. The Morgan fingerprint density at radius 3 is 2.59 bits per heavy atom. The molecule has 0 atom stereocenters. The molecule has 2 N–H and O–H groups in total. The molecule has 1 fully saturated rings. The monoisotopic (exact) mass is 362 g/mol. The molecule has 2 aromatic carbocycles. The van der Waals surface area contributed by atoms with Gasteiger partial charge in [0, 0.05) is 0 Å². The molecule has 138 valence electrons. The Morgan fingerprint density at radius 2 is 1.81 bits per heavy atom. The third-order valence-electron chi connectivity index (χ3n) is 5.24. The molecule has 0 aromatic heterocycles. The number of ether oxygens (including phenoxy) is 1. The lowest BCUT2D eigenvalue weighted by Gasteiger charge is -2.24. The molecule has 2 aliphatic rings. The number of allylic oxidation sites excluding steroid dienone is 3. The maximum atomic E-state index is 12.7. The van der Waals surface area contributed by atoms with Crippen molar-refractivity contribution in [1.82, 2.24) is 0 Å². The normalized spacial score (nSPS) is 18.8. The van der Waals surface area contributed by atoms with Crippen LogP contribution in [-0.2, 0) is 6.54 Å². The summed E-state index contributed by atoms with van der Waals surface area (Å²) in [7, 11) is 0. The van der Waals surface area contributed by atoms with E-state index in [9.17, 15) is 9.90 Å². The Balaban J connectivity index is 1.56. The lowest BCUT2D eigenvalue weighted by atomic mass is 10.0. The number of phenols is 1. The van der Waals surface area contributed by atoms with Gasteiger partial charge in [-0.2, -0.15) is 0 Å². The molecule has 4 heteroatoms. The zero-order chi connectivity index (χ0) is 18.6. The van der Waals surface area contributed by atoms with Gasteiger partial charge in [-0.25, -0.2) is 0 Å². The minimum Gasteiger partial charge on any atom is -0.507 e. The summed E-state index contributed by atoms with van der Waals surface area (Å²) in [5.41, 5.74) is 2.34. The molecule has 4 nitrogen and oxygen atoms in total.